The Balaban J connectivity index is 2.13. The SMILES string of the molecule is NC(=S)c1ccc(NC2CCC(O)CC2)c(F)c1Br. The van der Waals surface area contributed by atoms with Crippen molar-refractivity contribution in [3.8, 4) is 0 Å². The van der Waals surface area contributed by atoms with E-state index in [0.717, 1.165) is 25.7 Å². The number of anilines is 1. The molecule has 0 radical (unpaired) electrons. The molecule has 0 bridgehead atoms. The molecule has 0 heterocycles. The number of thiocarbonyl (C=S) groups is 1. The molecule has 19 heavy (non-hydrogen) atoms. The number of halogens is 2. The minimum atomic E-state index is -0.378. The van der Waals surface area contributed by atoms with E-state index in [1.54, 1.807) is 12.1 Å². The molecule has 4 N–H and O–H groups in total. The van der Waals surface area contributed by atoms with E-state index < -0.39 is 0 Å². The van der Waals surface area contributed by atoms with E-state index in [-0.39, 0.29) is 23.0 Å². The Morgan fingerprint density at radius 2 is 2.00 bits per heavy atom. The van der Waals surface area contributed by atoms with Gasteiger partial charge in [0.25, 0.3) is 0 Å². The normalized spacial score (nSPS) is 23.1. The smallest absolute Gasteiger partial charge is 0.161 e. The Bertz CT molecular complexity index is 490. The highest BCUT2D eigenvalue weighted by Crippen LogP contribution is 2.29. The predicted molar refractivity (Wildman–Crippen MR) is 81.9 cm³/mol. The van der Waals surface area contributed by atoms with E-state index in [2.05, 4.69) is 21.2 Å². The van der Waals surface area contributed by atoms with Crippen molar-refractivity contribution in [3.05, 3.63) is 28.0 Å². The van der Waals surface area contributed by atoms with Gasteiger partial charge in [0.05, 0.1) is 16.3 Å². The van der Waals surface area contributed by atoms with Gasteiger partial charge in [-0.3, -0.25) is 0 Å². The molecule has 0 spiro atoms. The lowest BCUT2D eigenvalue weighted by molar-refractivity contribution is 0.126. The van der Waals surface area contributed by atoms with Gasteiger partial charge in [-0.25, -0.2) is 4.39 Å². The highest BCUT2D eigenvalue weighted by molar-refractivity contribution is 9.10. The number of nitrogens with two attached hydrogens (primary N) is 1. The molecule has 1 aliphatic rings. The summed E-state index contributed by atoms with van der Waals surface area (Å²) in [5.74, 6) is -0.378. The number of hydrogen-bond donors (Lipinski definition) is 3. The van der Waals surface area contributed by atoms with Crippen LogP contribution in [0.4, 0.5) is 10.1 Å². The van der Waals surface area contributed by atoms with Crippen LogP contribution < -0.4 is 11.1 Å². The summed E-state index contributed by atoms with van der Waals surface area (Å²) in [6.45, 7) is 0. The number of aliphatic hydroxyl groups excluding tert-OH is 1. The van der Waals surface area contributed by atoms with Crippen molar-refractivity contribution in [2.45, 2.75) is 37.8 Å². The van der Waals surface area contributed by atoms with E-state index in [1.165, 1.54) is 0 Å². The molecule has 1 saturated carbocycles. The summed E-state index contributed by atoms with van der Waals surface area (Å²) in [5.41, 5.74) is 6.46. The molecule has 3 nitrogen and oxygen atoms in total. The van der Waals surface area contributed by atoms with Gasteiger partial charge >= 0.3 is 0 Å². The summed E-state index contributed by atoms with van der Waals surface area (Å²) in [6.07, 6.45) is 2.98. The van der Waals surface area contributed by atoms with Gasteiger partial charge < -0.3 is 16.2 Å². The number of rotatable bonds is 3. The Morgan fingerprint density at radius 1 is 1.37 bits per heavy atom. The summed E-state index contributed by atoms with van der Waals surface area (Å²) >= 11 is 8.04. The van der Waals surface area contributed by atoms with Crippen molar-refractivity contribution in [1.29, 1.82) is 0 Å². The molecule has 0 saturated heterocycles. The van der Waals surface area contributed by atoms with Crippen molar-refractivity contribution in [1.82, 2.24) is 0 Å². The van der Waals surface area contributed by atoms with E-state index in [1.807, 2.05) is 0 Å². The lowest BCUT2D eigenvalue weighted by Gasteiger charge is -2.27. The molecule has 0 unspecified atom stereocenters. The quantitative estimate of drug-likeness (QED) is 0.736. The molecule has 1 aliphatic carbocycles. The van der Waals surface area contributed by atoms with Gasteiger partial charge in [0.1, 0.15) is 4.99 Å². The van der Waals surface area contributed by atoms with Crippen LogP contribution in [0.25, 0.3) is 0 Å². The lowest BCUT2D eigenvalue weighted by Crippen LogP contribution is -2.28. The molecule has 104 valence electrons. The zero-order valence-corrected chi connectivity index (χ0v) is 12.7. The molecule has 1 aromatic rings. The van der Waals surface area contributed by atoms with Gasteiger partial charge in [-0.2, -0.15) is 0 Å². The summed E-state index contributed by atoms with van der Waals surface area (Å²) in [4.78, 5) is 0.165. The van der Waals surface area contributed by atoms with E-state index >= 15 is 0 Å². The van der Waals surface area contributed by atoms with Gasteiger partial charge in [-0.1, -0.05) is 12.2 Å². The zero-order chi connectivity index (χ0) is 14.0. The average Bonchev–Trinajstić information content (AvgIpc) is 2.37. The van der Waals surface area contributed by atoms with Gasteiger partial charge in [0.15, 0.2) is 5.82 Å². The van der Waals surface area contributed by atoms with Crippen LogP contribution in [-0.2, 0) is 0 Å². The predicted octanol–water partition coefficient (Wildman–Crippen LogP) is 2.94. The van der Waals surface area contributed by atoms with Gasteiger partial charge in [0, 0.05) is 11.6 Å². The second kappa shape index (κ2) is 6.15. The Morgan fingerprint density at radius 3 is 2.58 bits per heavy atom. The molecule has 1 fully saturated rings. The maximum atomic E-state index is 14.2. The molecule has 0 amide bonds. The fourth-order valence-corrected chi connectivity index (χ4v) is 3.15. The molecule has 0 atom stereocenters. The molecule has 0 aliphatic heterocycles. The molecule has 0 aromatic heterocycles. The van der Waals surface area contributed by atoms with Crippen LogP contribution in [0.1, 0.15) is 31.2 Å². The third kappa shape index (κ3) is 3.43. The fraction of sp³-hybridized carbons (Fsp3) is 0.462. The van der Waals surface area contributed by atoms with E-state index in [9.17, 15) is 9.50 Å². The van der Waals surface area contributed by atoms with E-state index in [4.69, 9.17) is 18.0 Å². The fourth-order valence-electron chi connectivity index (χ4n) is 2.29. The van der Waals surface area contributed by atoms with Crippen LogP contribution in [0, 0.1) is 5.82 Å². The van der Waals surface area contributed by atoms with Crippen molar-refractivity contribution in [3.63, 3.8) is 0 Å². The molecule has 1 aromatic carbocycles. The first-order chi connectivity index (χ1) is 8.99. The third-order valence-electron chi connectivity index (χ3n) is 3.40. The highest BCUT2D eigenvalue weighted by Gasteiger charge is 2.21. The second-order valence-electron chi connectivity index (χ2n) is 4.80. The third-order valence-corrected chi connectivity index (χ3v) is 4.40. The van der Waals surface area contributed by atoms with Gasteiger partial charge in [0.2, 0.25) is 0 Å². The Labute approximate surface area is 125 Å². The maximum absolute atomic E-state index is 14.2. The van der Waals surface area contributed by atoms with Crippen LogP contribution in [0.15, 0.2) is 16.6 Å². The Hall–Kier alpha value is -0.720. The number of benzene rings is 1. The van der Waals surface area contributed by atoms with Crippen LogP contribution in [0.3, 0.4) is 0 Å². The first kappa shape index (κ1) is 14.7. The zero-order valence-electron chi connectivity index (χ0n) is 10.3. The first-order valence-corrected chi connectivity index (χ1v) is 7.41. The minimum absolute atomic E-state index is 0.165. The summed E-state index contributed by atoms with van der Waals surface area (Å²) in [5, 5.41) is 12.6. The van der Waals surface area contributed by atoms with Crippen LogP contribution in [-0.4, -0.2) is 22.2 Å². The van der Waals surface area contributed by atoms with E-state index in [0.29, 0.717) is 15.7 Å². The van der Waals surface area contributed by atoms with Crippen molar-refractivity contribution in [2.24, 2.45) is 5.73 Å². The van der Waals surface area contributed by atoms with Crippen LogP contribution >= 0.6 is 28.1 Å². The lowest BCUT2D eigenvalue weighted by atomic mass is 9.93. The summed E-state index contributed by atoms with van der Waals surface area (Å²) in [7, 11) is 0. The number of nitrogens with one attached hydrogen (secondary N) is 1. The molecular weight excluding hydrogens is 331 g/mol. The van der Waals surface area contributed by atoms with Crippen molar-refractivity contribution in [2.75, 3.05) is 5.32 Å². The topological polar surface area (TPSA) is 58.3 Å². The molecular formula is C13H16BrFN2OS. The van der Waals surface area contributed by atoms with Crippen LogP contribution in [0.2, 0.25) is 0 Å². The number of hydrogen-bond acceptors (Lipinski definition) is 3. The monoisotopic (exact) mass is 346 g/mol. The second-order valence-corrected chi connectivity index (χ2v) is 6.04. The standard InChI is InChI=1S/C13H16BrFN2OS/c14-11-9(13(16)19)5-6-10(12(11)15)17-7-1-3-8(18)4-2-7/h5-8,17-18H,1-4H2,(H2,16,19). The van der Waals surface area contributed by atoms with Crippen LogP contribution in [0.5, 0.6) is 0 Å². The molecule has 2 rings (SSSR count). The minimum Gasteiger partial charge on any atom is -0.393 e. The largest absolute Gasteiger partial charge is 0.393 e. The summed E-state index contributed by atoms with van der Waals surface area (Å²) < 4.78 is 14.5. The van der Waals surface area contributed by atoms with Gasteiger partial charge in [-0.15, -0.1) is 0 Å². The first-order valence-electron chi connectivity index (χ1n) is 6.21. The average molecular weight is 347 g/mol. The highest BCUT2D eigenvalue weighted by atomic mass is 79.9. The number of aliphatic hydroxyl groups is 1. The van der Waals surface area contributed by atoms with Crippen molar-refractivity contribution < 1.29 is 9.50 Å². The molecule has 6 heteroatoms. The Kier molecular flexibility index (Phi) is 4.76. The maximum Gasteiger partial charge on any atom is 0.161 e. The van der Waals surface area contributed by atoms with Crippen molar-refractivity contribution >= 4 is 38.8 Å². The van der Waals surface area contributed by atoms with Gasteiger partial charge in [-0.05, 0) is 53.7 Å². The summed E-state index contributed by atoms with van der Waals surface area (Å²) in [6, 6.07) is 3.55.